The Balaban J connectivity index is 1.51. The number of nitrogens with zero attached hydrogens (tertiary/aromatic N) is 3. The predicted octanol–water partition coefficient (Wildman–Crippen LogP) is 2.71. The molecule has 1 unspecified atom stereocenters. The van der Waals surface area contributed by atoms with Crippen LogP contribution in [0.4, 0.5) is 5.69 Å². The number of thiophene rings is 1. The Kier molecular flexibility index (Phi) is 5.18. The van der Waals surface area contributed by atoms with Gasteiger partial charge in [-0.2, -0.15) is 0 Å². The van der Waals surface area contributed by atoms with Crippen molar-refractivity contribution >= 4 is 39.1 Å². The number of hydrogen-bond donors (Lipinski definition) is 1. The minimum Gasteiger partial charge on any atom is -0.477 e. The van der Waals surface area contributed by atoms with Gasteiger partial charge in [-0.3, -0.25) is 19.0 Å². The van der Waals surface area contributed by atoms with Crippen molar-refractivity contribution in [1.29, 1.82) is 0 Å². The molecule has 3 heterocycles. The second-order valence-corrected chi connectivity index (χ2v) is 8.71. The maximum atomic E-state index is 13.3. The van der Waals surface area contributed by atoms with Crippen molar-refractivity contribution < 1.29 is 14.3 Å². The number of ether oxygens (including phenoxy) is 1. The van der Waals surface area contributed by atoms with Gasteiger partial charge in [0.2, 0.25) is 5.91 Å². The number of fused-ring (bicyclic) bond motifs is 2. The molecule has 166 valence electrons. The van der Waals surface area contributed by atoms with E-state index in [9.17, 15) is 14.4 Å². The predicted molar refractivity (Wildman–Crippen MR) is 126 cm³/mol. The number of para-hydroxylation sites is 2. The molecule has 1 atom stereocenters. The van der Waals surface area contributed by atoms with E-state index in [0.717, 1.165) is 16.7 Å². The lowest BCUT2D eigenvalue weighted by Gasteiger charge is -2.33. The van der Waals surface area contributed by atoms with Crippen molar-refractivity contribution in [3.05, 3.63) is 76.2 Å². The van der Waals surface area contributed by atoms with Gasteiger partial charge < -0.3 is 15.4 Å². The highest BCUT2D eigenvalue weighted by Gasteiger charge is 2.32. The first-order valence-corrected chi connectivity index (χ1v) is 11.2. The fourth-order valence-electron chi connectivity index (χ4n) is 3.88. The van der Waals surface area contributed by atoms with Gasteiger partial charge >= 0.3 is 0 Å². The number of hydrogen-bond acceptors (Lipinski definition) is 6. The van der Waals surface area contributed by atoms with Crippen molar-refractivity contribution in [2.24, 2.45) is 5.73 Å². The summed E-state index contributed by atoms with van der Waals surface area (Å²) in [6, 6.07) is 14.8. The van der Waals surface area contributed by atoms with Crippen molar-refractivity contribution in [3.63, 3.8) is 0 Å². The monoisotopic (exact) mass is 460 g/mol. The summed E-state index contributed by atoms with van der Waals surface area (Å²) in [5, 5.41) is 2.39. The Morgan fingerprint density at radius 1 is 1.18 bits per heavy atom. The molecule has 0 spiro atoms. The Labute approximate surface area is 192 Å². The van der Waals surface area contributed by atoms with E-state index in [-0.39, 0.29) is 24.6 Å². The largest absolute Gasteiger partial charge is 0.477 e. The molecular weight excluding hydrogens is 440 g/mol. The zero-order valence-electron chi connectivity index (χ0n) is 17.7. The zero-order chi connectivity index (χ0) is 23.1. The van der Waals surface area contributed by atoms with Gasteiger partial charge in [-0.1, -0.05) is 42.0 Å². The Morgan fingerprint density at radius 3 is 2.70 bits per heavy atom. The van der Waals surface area contributed by atoms with Gasteiger partial charge in [-0.15, -0.1) is 11.3 Å². The van der Waals surface area contributed by atoms with Crippen LogP contribution in [0.25, 0.3) is 21.3 Å². The number of anilines is 1. The maximum Gasteiger partial charge on any atom is 0.263 e. The number of primary amides is 1. The molecule has 8 nitrogen and oxygen atoms in total. The van der Waals surface area contributed by atoms with Gasteiger partial charge in [0.15, 0.2) is 6.10 Å². The third-order valence-electron chi connectivity index (χ3n) is 5.62. The summed E-state index contributed by atoms with van der Waals surface area (Å²) >= 11 is 1.39. The molecule has 0 fully saturated rings. The molecule has 1 aliphatic rings. The average Bonchev–Trinajstić information content (AvgIpc) is 3.25. The average molecular weight is 461 g/mol. The minimum atomic E-state index is -0.966. The number of benzene rings is 2. The number of carbonyl (C=O) groups excluding carboxylic acids is 2. The number of aryl methyl sites for hydroxylation is 1. The van der Waals surface area contributed by atoms with Crippen LogP contribution in [-0.4, -0.2) is 34.0 Å². The lowest BCUT2D eigenvalue weighted by atomic mass is 10.1. The van der Waals surface area contributed by atoms with E-state index in [1.54, 1.807) is 24.3 Å². The third kappa shape index (κ3) is 3.76. The highest BCUT2D eigenvalue weighted by atomic mass is 32.1. The highest BCUT2D eigenvalue weighted by molar-refractivity contribution is 7.17. The molecule has 0 radical (unpaired) electrons. The quantitative estimate of drug-likeness (QED) is 0.504. The number of nitrogens with two attached hydrogens (primary N) is 1. The number of rotatable bonds is 4. The Morgan fingerprint density at radius 2 is 1.94 bits per heavy atom. The normalized spacial score (nSPS) is 15.2. The van der Waals surface area contributed by atoms with Crippen LogP contribution < -0.4 is 20.9 Å². The molecule has 0 bridgehead atoms. The standard InChI is InChI=1S/C24H20N4O4S/c1-14-6-8-15(9-7-14)16-12-33-23-21(16)24(31)27(13-26-23)11-20(29)28-10-19(22(25)30)32-18-5-3-2-4-17(18)28/h2-9,12-13,19H,10-11H2,1H3,(H2,25,30). The lowest BCUT2D eigenvalue weighted by molar-refractivity contribution is -0.125. The van der Waals surface area contributed by atoms with Crippen LogP contribution in [0.1, 0.15) is 5.56 Å². The van der Waals surface area contributed by atoms with Gasteiger partial charge in [-0.05, 0) is 24.6 Å². The minimum absolute atomic E-state index is 0.0251. The van der Waals surface area contributed by atoms with E-state index in [1.165, 1.54) is 27.1 Å². The summed E-state index contributed by atoms with van der Waals surface area (Å²) in [7, 11) is 0. The van der Waals surface area contributed by atoms with Crippen LogP contribution in [0.2, 0.25) is 0 Å². The summed E-state index contributed by atoms with van der Waals surface area (Å²) in [6.07, 6.45) is 0.418. The second-order valence-electron chi connectivity index (χ2n) is 7.85. The molecule has 2 amide bonds. The van der Waals surface area contributed by atoms with Crippen LogP contribution in [0, 0.1) is 6.92 Å². The molecule has 2 aromatic heterocycles. The Bertz CT molecular complexity index is 1440. The third-order valence-corrected chi connectivity index (χ3v) is 6.51. The molecule has 0 aliphatic carbocycles. The van der Waals surface area contributed by atoms with E-state index in [0.29, 0.717) is 21.7 Å². The van der Waals surface area contributed by atoms with Crippen molar-refractivity contribution in [1.82, 2.24) is 9.55 Å². The summed E-state index contributed by atoms with van der Waals surface area (Å²) in [5.74, 6) is -0.641. The molecule has 0 saturated heterocycles. The van der Waals surface area contributed by atoms with Crippen LogP contribution in [0.3, 0.4) is 0 Å². The molecule has 1 aliphatic heterocycles. The Hall–Kier alpha value is -3.98. The van der Waals surface area contributed by atoms with E-state index < -0.39 is 12.0 Å². The van der Waals surface area contributed by atoms with Gasteiger partial charge in [0.25, 0.3) is 11.5 Å². The number of carbonyl (C=O) groups is 2. The van der Waals surface area contributed by atoms with Crippen LogP contribution in [0.5, 0.6) is 5.75 Å². The van der Waals surface area contributed by atoms with E-state index in [4.69, 9.17) is 10.5 Å². The van der Waals surface area contributed by atoms with Crippen LogP contribution in [0.15, 0.2) is 65.0 Å². The molecular formula is C24H20N4O4S. The smallest absolute Gasteiger partial charge is 0.263 e. The molecule has 5 rings (SSSR count). The molecule has 4 aromatic rings. The van der Waals surface area contributed by atoms with Crippen LogP contribution >= 0.6 is 11.3 Å². The van der Waals surface area contributed by atoms with Crippen LogP contribution in [-0.2, 0) is 16.1 Å². The fraction of sp³-hybridized carbons (Fsp3) is 0.167. The van der Waals surface area contributed by atoms with Crippen molar-refractivity contribution in [2.75, 3.05) is 11.4 Å². The molecule has 9 heteroatoms. The summed E-state index contributed by atoms with van der Waals surface area (Å²) in [5.41, 5.74) is 8.50. The summed E-state index contributed by atoms with van der Waals surface area (Å²) in [6.45, 7) is 1.75. The molecule has 2 N–H and O–H groups in total. The van der Waals surface area contributed by atoms with Gasteiger partial charge in [0.1, 0.15) is 17.1 Å². The first-order valence-electron chi connectivity index (χ1n) is 10.3. The molecule has 0 saturated carbocycles. The number of amides is 2. The van der Waals surface area contributed by atoms with E-state index >= 15 is 0 Å². The maximum absolute atomic E-state index is 13.3. The van der Waals surface area contributed by atoms with E-state index in [2.05, 4.69) is 4.98 Å². The SMILES string of the molecule is Cc1ccc(-c2csc3ncn(CC(=O)N4CC(C(N)=O)Oc5ccccc54)c(=O)c23)cc1. The van der Waals surface area contributed by atoms with Gasteiger partial charge in [0, 0.05) is 10.9 Å². The summed E-state index contributed by atoms with van der Waals surface area (Å²) < 4.78 is 6.92. The van der Waals surface area contributed by atoms with Crippen molar-refractivity contribution in [3.8, 4) is 16.9 Å². The topological polar surface area (TPSA) is 108 Å². The zero-order valence-corrected chi connectivity index (χ0v) is 18.5. The van der Waals surface area contributed by atoms with E-state index in [1.807, 2.05) is 36.6 Å². The fourth-order valence-corrected chi connectivity index (χ4v) is 4.78. The second kappa shape index (κ2) is 8.18. The molecule has 2 aromatic carbocycles. The summed E-state index contributed by atoms with van der Waals surface area (Å²) in [4.78, 5) is 44.8. The highest BCUT2D eigenvalue weighted by Crippen LogP contribution is 2.34. The first-order chi connectivity index (χ1) is 15.9. The molecule has 33 heavy (non-hydrogen) atoms. The lowest BCUT2D eigenvalue weighted by Crippen LogP contribution is -2.50. The van der Waals surface area contributed by atoms with Gasteiger partial charge in [0.05, 0.1) is 23.9 Å². The number of aromatic nitrogens is 2. The first kappa shape index (κ1) is 20.9. The van der Waals surface area contributed by atoms with Gasteiger partial charge in [-0.25, -0.2) is 4.98 Å². The van der Waals surface area contributed by atoms with Crippen molar-refractivity contribution in [2.45, 2.75) is 19.6 Å².